The highest BCUT2D eigenvalue weighted by atomic mass is 28.2. The van der Waals surface area contributed by atoms with E-state index in [4.69, 9.17) is 0 Å². The first kappa shape index (κ1) is 12.2. The third-order valence-electron chi connectivity index (χ3n) is 3.74. The maximum absolute atomic E-state index is 2.38. The lowest BCUT2D eigenvalue weighted by Gasteiger charge is -2.14. The molecule has 0 radical (unpaired) electrons. The molecule has 0 aromatic heterocycles. The van der Waals surface area contributed by atoms with E-state index in [1.807, 2.05) is 0 Å². The Labute approximate surface area is 116 Å². The molecule has 0 fully saturated rings. The first-order valence-corrected chi connectivity index (χ1v) is 8.38. The highest BCUT2D eigenvalue weighted by molar-refractivity contribution is 6.55. The molecule has 3 aromatic carbocycles. The van der Waals surface area contributed by atoms with Crippen molar-refractivity contribution >= 4 is 25.5 Å². The fraction of sp³-hybridized carbons (Fsp3) is 0.111. The van der Waals surface area contributed by atoms with Gasteiger partial charge in [0.2, 0.25) is 0 Å². The summed E-state index contributed by atoms with van der Waals surface area (Å²) >= 11 is 0. The number of rotatable bonds is 3. The van der Waals surface area contributed by atoms with Gasteiger partial charge in [-0.2, -0.15) is 0 Å². The summed E-state index contributed by atoms with van der Waals surface area (Å²) in [6.45, 7) is 2.38. The Kier molecular flexibility index (Phi) is 3.47. The van der Waals surface area contributed by atoms with E-state index in [0.29, 0.717) is 5.54 Å². The first-order valence-electron chi connectivity index (χ1n) is 6.86. The molecule has 1 atom stereocenters. The van der Waals surface area contributed by atoms with Gasteiger partial charge in [-0.1, -0.05) is 84.9 Å². The largest absolute Gasteiger partial charge is 0.0663 e. The summed E-state index contributed by atoms with van der Waals surface area (Å²) in [4.78, 5) is 0. The van der Waals surface area contributed by atoms with Crippen LogP contribution in [0.4, 0.5) is 0 Å². The van der Waals surface area contributed by atoms with Crippen molar-refractivity contribution in [3.63, 3.8) is 0 Å². The normalized spacial score (nSPS) is 13.1. The van der Waals surface area contributed by atoms with Crippen LogP contribution in [0.3, 0.4) is 0 Å². The minimum atomic E-state index is -0.274. The molecule has 1 unspecified atom stereocenters. The quantitative estimate of drug-likeness (QED) is 0.635. The molecule has 0 spiro atoms. The maximum Gasteiger partial charge on any atom is 0.0621 e. The minimum Gasteiger partial charge on any atom is -0.0663 e. The van der Waals surface area contributed by atoms with Gasteiger partial charge in [0, 0.05) is 0 Å². The third-order valence-corrected chi connectivity index (χ3v) is 5.73. The number of hydrogen-bond donors (Lipinski definition) is 0. The molecular formula is C18H18Si. The van der Waals surface area contributed by atoms with Gasteiger partial charge in [-0.15, -0.1) is 0 Å². The molecule has 0 nitrogen and oxygen atoms in total. The van der Waals surface area contributed by atoms with Crippen LogP contribution >= 0.6 is 0 Å². The summed E-state index contributed by atoms with van der Waals surface area (Å²) in [6.07, 6.45) is 0. The van der Waals surface area contributed by atoms with Crippen molar-refractivity contribution in [2.45, 2.75) is 12.5 Å². The van der Waals surface area contributed by atoms with Crippen molar-refractivity contribution in [1.82, 2.24) is 0 Å². The van der Waals surface area contributed by atoms with Crippen LogP contribution < -0.4 is 5.19 Å². The average molecular weight is 262 g/mol. The molecule has 19 heavy (non-hydrogen) atoms. The van der Waals surface area contributed by atoms with Crippen molar-refractivity contribution < 1.29 is 0 Å². The molecular weight excluding hydrogens is 244 g/mol. The van der Waals surface area contributed by atoms with Gasteiger partial charge >= 0.3 is 0 Å². The summed E-state index contributed by atoms with van der Waals surface area (Å²) in [5.74, 6) is 0. The second kappa shape index (κ2) is 5.41. The molecule has 0 heterocycles. The smallest absolute Gasteiger partial charge is 0.0621 e. The van der Waals surface area contributed by atoms with Gasteiger partial charge in [-0.25, -0.2) is 0 Å². The molecule has 3 aromatic rings. The molecule has 0 aliphatic rings. The zero-order valence-corrected chi connectivity index (χ0v) is 12.6. The predicted octanol–water partition coefficient (Wildman–Crippen LogP) is 3.40. The molecule has 0 saturated heterocycles. The van der Waals surface area contributed by atoms with Crippen molar-refractivity contribution in [3.05, 3.63) is 78.4 Å². The molecule has 0 bridgehead atoms. The van der Waals surface area contributed by atoms with Gasteiger partial charge in [0.05, 0.1) is 9.52 Å². The van der Waals surface area contributed by atoms with Crippen LogP contribution in [0.25, 0.3) is 10.8 Å². The van der Waals surface area contributed by atoms with E-state index < -0.39 is 0 Å². The molecule has 0 N–H and O–H groups in total. The fourth-order valence-corrected chi connectivity index (χ4v) is 4.59. The van der Waals surface area contributed by atoms with Crippen LogP contribution in [0.2, 0.25) is 0 Å². The van der Waals surface area contributed by atoms with E-state index >= 15 is 0 Å². The Morgan fingerprint density at radius 2 is 1.42 bits per heavy atom. The summed E-state index contributed by atoms with van der Waals surface area (Å²) in [5, 5.41) is 4.32. The lowest BCUT2D eigenvalue weighted by molar-refractivity contribution is 1.09. The number of fused-ring (bicyclic) bond motifs is 1. The first-order chi connectivity index (χ1) is 9.34. The Bertz CT molecular complexity index is 668. The average Bonchev–Trinajstić information content (AvgIpc) is 2.47. The van der Waals surface area contributed by atoms with Crippen molar-refractivity contribution in [3.8, 4) is 0 Å². The predicted molar refractivity (Wildman–Crippen MR) is 87.0 cm³/mol. The van der Waals surface area contributed by atoms with E-state index in [1.165, 1.54) is 16.3 Å². The van der Waals surface area contributed by atoms with Gasteiger partial charge < -0.3 is 0 Å². The van der Waals surface area contributed by atoms with Crippen LogP contribution in [0.15, 0.2) is 72.8 Å². The van der Waals surface area contributed by atoms with Gasteiger partial charge in [0.1, 0.15) is 0 Å². The zero-order valence-electron chi connectivity index (χ0n) is 11.2. The summed E-state index contributed by atoms with van der Waals surface area (Å²) < 4.78 is 0. The van der Waals surface area contributed by atoms with Crippen molar-refractivity contribution in [2.75, 3.05) is 0 Å². The standard InChI is InChI=1S/C18H18Si/c1-14(19-16-10-3-2-4-11-16)17-13-7-9-15-8-5-6-12-18(15)17/h2-14H,19H2,1H3. The maximum atomic E-state index is 2.38. The van der Waals surface area contributed by atoms with E-state index in [9.17, 15) is 0 Å². The van der Waals surface area contributed by atoms with Gasteiger partial charge in [0.25, 0.3) is 0 Å². The monoisotopic (exact) mass is 262 g/mol. The van der Waals surface area contributed by atoms with Crippen LogP contribution in [0.1, 0.15) is 18.0 Å². The summed E-state index contributed by atoms with van der Waals surface area (Å²) in [5.41, 5.74) is 2.18. The van der Waals surface area contributed by atoms with Crippen molar-refractivity contribution in [1.29, 1.82) is 0 Å². The van der Waals surface area contributed by atoms with Gasteiger partial charge in [0.15, 0.2) is 0 Å². The van der Waals surface area contributed by atoms with E-state index in [0.717, 1.165) is 0 Å². The van der Waals surface area contributed by atoms with E-state index in [2.05, 4.69) is 79.7 Å². The molecule has 3 rings (SSSR count). The Morgan fingerprint density at radius 1 is 0.737 bits per heavy atom. The van der Waals surface area contributed by atoms with Crippen LogP contribution in [0.5, 0.6) is 0 Å². The lowest BCUT2D eigenvalue weighted by atomic mass is 10.0. The SMILES string of the molecule is CC([SiH2]c1ccccc1)c1cccc2ccccc12. The summed E-state index contributed by atoms with van der Waals surface area (Å²) in [6, 6.07) is 26.3. The van der Waals surface area contributed by atoms with Crippen molar-refractivity contribution in [2.24, 2.45) is 0 Å². The van der Waals surface area contributed by atoms with Crippen LogP contribution in [0, 0.1) is 0 Å². The molecule has 0 aliphatic carbocycles. The Hall–Kier alpha value is -1.86. The molecule has 1 heteroatoms. The third kappa shape index (κ3) is 2.61. The molecule has 94 valence electrons. The zero-order chi connectivity index (χ0) is 13.1. The summed E-state index contributed by atoms with van der Waals surface area (Å²) in [7, 11) is -0.274. The van der Waals surface area contributed by atoms with E-state index in [-0.39, 0.29) is 9.52 Å². The second-order valence-electron chi connectivity index (χ2n) is 5.16. The Morgan fingerprint density at radius 3 is 2.26 bits per heavy atom. The molecule has 0 amide bonds. The van der Waals surface area contributed by atoms with Crippen LogP contribution in [-0.2, 0) is 0 Å². The second-order valence-corrected chi connectivity index (χ2v) is 7.61. The van der Waals surface area contributed by atoms with Gasteiger partial charge in [-0.05, 0) is 21.9 Å². The molecule has 0 aliphatic heterocycles. The number of benzene rings is 3. The van der Waals surface area contributed by atoms with Gasteiger partial charge in [-0.3, -0.25) is 0 Å². The van der Waals surface area contributed by atoms with E-state index in [1.54, 1.807) is 5.19 Å². The highest BCUT2D eigenvalue weighted by Crippen LogP contribution is 2.24. The van der Waals surface area contributed by atoms with Crippen LogP contribution in [-0.4, -0.2) is 9.52 Å². The lowest BCUT2D eigenvalue weighted by Crippen LogP contribution is -2.19. The fourth-order valence-electron chi connectivity index (χ4n) is 2.76. The molecule has 0 saturated carbocycles. The highest BCUT2D eigenvalue weighted by Gasteiger charge is 2.10. The number of hydrogen-bond acceptors (Lipinski definition) is 0. The topological polar surface area (TPSA) is 0 Å². The minimum absolute atomic E-state index is 0.274. The Balaban J connectivity index is 1.96.